The van der Waals surface area contributed by atoms with Crippen LogP contribution in [0.5, 0.6) is 0 Å². The molecule has 0 heterocycles. The normalized spacial score (nSPS) is 11.5. The van der Waals surface area contributed by atoms with Gasteiger partial charge >= 0.3 is 6.03 Å². The average molecular weight is 297 g/mol. The van der Waals surface area contributed by atoms with Gasteiger partial charge in [-0.15, -0.1) is 0 Å². The number of benzene rings is 2. The van der Waals surface area contributed by atoms with Gasteiger partial charge in [-0.3, -0.25) is 4.79 Å². The van der Waals surface area contributed by atoms with Crippen LogP contribution in [-0.2, 0) is 0 Å². The smallest absolute Gasteiger partial charge is 0.316 e. The van der Waals surface area contributed by atoms with Crippen molar-refractivity contribution in [3.05, 3.63) is 65.7 Å². The lowest BCUT2D eigenvalue weighted by Gasteiger charge is -2.25. The van der Waals surface area contributed by atoms with Crippen LogP contribution in [0.25, 0.3) is 0 Å². The predicted molar refractivity (Wildman–Crippen MR) is 86.6 cm³/mol. The molecule has 0 aliphatic rings. The van der Waals surface area contributed by atoms with E-state index in [2.05, 4.69) is 5.32 Å². The zero-order valence-corrected chi connectivity index (χ0v) is 12.6. The van der Waals surface area contributed by atoms with Crippen LogP contribution in [0, 0.1) is 0 Å². The Kier molecular flexibility index (Phi) is 4.78. The first-order chi connectivity index (χ1) is 10.5. The molecule has 0 saturated heterocycles. The summed E-state index contributed by atoms with van der Waals surface area (Å²) in [4.78, 5) is 25.1. The van der Waals surface area contributed by atoms with Crippen molar-refractivity contribution >= 4 is 17.6 Å². The summed E-state index contributed by atoms with van der Waals surface area (Å²) in [6, 6.07) is 15.8. The number of urea groups is 1. The molecule has 0 fully saturated rings. The van der Waals surface area contributed by atoms with Gasteiger partial charge in [0, 0.05) is 18.3 Å². The van der Waals surface area contributed by atoms with E-state index in [4.69, 9.17) is 5.73 Å². The summed E-state index contributed by atoms with van der Waals surface area (Å²) >= 11 is 0. The van der Waals surface area contributed by atoms with E-state index in [9.17, 15) is 9.59 Å². The van der Waals surface area contributed by atoms with Crippen LogP contribution in [0.4, 0.5) is 10.5 Å². The van der Waals surface area contributed by atoms with Gasteiger partial charge in [-0.2, -0.15) is 0 Å². The third kappa shape index (κ3) is 3.63. The Labute approximate surface area is 129 Å². The number of carbonyl (C=O) groups excluding carboxylic acids is 2. The molecular formula is C17H19N3O2. The molecule has 22 heavy (non-hydrogen) atoms. The molecule has 2 aromatic carbocycles. The number of nitrogens with one attached hydrogen (secondary N) is 1. The third-order valence-corrected chi connectivity index (χ3v) is 3.56. The van der Waals surface area contributed by atoms with E-state index in [1.165, 1.54) is 0 Å². The zero-order valence-electron chi connectivity index (χ0n) is 12.6. The van der Waals surface area contributed by atoms with E-state index < -0.39 is 6.03 Å². The minimum Gasteiger partial charge on any atom is -0.351 e. The fourth-order valence-corrected chi connectivity index (χ4v) is 2.21. The minimum absolute atomic E-state index is 0.0542. The second-order valence-electron chi connectivity index (χ2n) is 5.07. The van der Waals surface area contributed by atoms with E-state index in [1.807, 2.05) is 37.3 Å². The van der Waals surface area contributed by atoms with Gasteiger partial charge in [0.25, 0.3) is 5.91 Å². The van der Waals surface area contributed by atoms with Crippen LogP contribution in [0.2, 0.25) is 0 Å². The highest BCUT2D eigenvalue weighted by Crippen LogP contribution is 2.21. The Bertz CT molecular complexity index is 671. The average Bonchev–Trinajstić information content (AvgIpc) is 2.53. The van der Waals surface area contributed by atoms with E-state index in [0.717, 1.165) is 5.56 Å². The summed E-state index contributed by atoms with van der Waals surface area (Å²) in [5.74, 6) is -0.121. The van der Waals surface area contributed by atoms with Crippen LogP contribution in [0.1, 0.15) is 28.9 Å². The highest BCUT2D eigenvalue weighted by Gasteiger charge is 2.19. The van der Waals surface area contributed by atoms with Crippen LogP contribution >= 0.6 is 0 Å². The van der Waals surface area contributed by atoms with Gasteiger partial charge in [0.1, 0.15) is 0 Å². The standard InChI is InChI=1S/C17H19N3O2/c1-12(13-7-4-3-5-8-13)20(2)16(21)14-9-6-10-15(11-14)19-17(18)22/h3-12H,1-2H3,(H3,18,19,22). The van der Waals surface area contributed by atoms with Crippen molar-refractivity contribution in [3.8, 4) is 0 Å². The molecule has 5 nitrogen and oxygen atoms in total. The molecule has 0 bridgehead atoms. The molecule has 5 heteroatoms. The molecule has 3 N–H and O–H groups in total. The Morgan fingerprint density at radius 1 is 1.09 bits per heavy atom. The van der Waals surface area contributed by atoms with E-state index >= 15 is 0 Å². The van der Waals surface area contributed by atoms with Crippen molar-refractivity contribution in [1.82, 2.24) is 4.90 Å². The number of primary amides is 1. The first-order valence-electron chi connectivity index (χ1n) is 6.97. The highest BCUT2D eigenvalue weighted by molar-refractivity contribution is 5.96. The second-order valence-corrected chi connectivity index (χ2v) is 5.07. The quantitative estimate of drug-likeness (QED) is 0.910. The van der Waals surface area contributed by atoms with Crippen LogP contribution in [-0.4, -0.2) is 23.9 Å². The van der Waals surface area contributed by atoms with E-state index in [-0.39, 0.29) is 11.9 Å². The van der Waals surface area contributed by atoms with Crippen molar-refractivity contribution in [2.45, 2.75) is 13.0 Å². The molecule has 0 aromatic heterocycles. The molecule has 0 spiro atoms. The number of hydrogen-bond acceptors (Lipinski definition) is 2. The van der Waals surface area contributed by atoms with Gasteiger partial charge in [0.05, 0.1) is 6.04 Å². The molecule has 3 amide bonds. The number of anilines is 1. The fourth-order valence-electron chi connectivity index (χ4n) is 2.21. The lowest BCUT2D eigenvalue weighted by atomic mass is 10.1. The first-order valence-corrected chi connectivity index (χ1v) is 6.97. The molecule has 2 rings (SSSR count). The SMILES string of the molecule is CC(c1ccccc1)N(C)C(=O)c1cccc(NC(N)=O)c1. The van der Waals surface area contributed by atoms with Gasteiger partial charge < -0.3 is 16.0 Å². The first kappa shape index (κ1) is 15.6. The number of hydrogen-bond donors (Lipinski definition) is 2. The van der Waals surface area contributed by atoms with Gasteiger partial charge in [-0.1, -0.05) is 36.4 Å². The van der Waals surface area contributed by atoms with Gasteiger partial charge in [-0.05, 0) is 30.7 Å². The molecule has 114 valence electrons. The van der Waals surface area contributed by atoms with Crippen LogP contribution in [0.15, 0.2) is 54.6 Å². The number of rotatable bonds is 4. The van der Waals surface area contributed by atoms with E-state index in [0.29, 0.717) is 11.3 Å². The highest BCUT2D eigenvalue weighted by atomic mass is 16.2. The monoisotopic (exact) mass is 297 g/mol. The maximum atomic E-state index is 12.6. The summed E-state index contributed by atoms with van der Waals surface area (Å²) in [5.41, 5.74) is 7.15. The topological polar surface area (TPSA) is 75.4 Å². The van der Waals surface area contributed by atoms with Crippen molar-refractivity contribution in [3.63, 3.8) is 0 Å². The number of nitrogens with zero attached hydrogens (tertiary/aromatic N) is 1. The predicted octanol–water partition coefficient (Wildman–Crippen LogP) is 3.01. The van der Waals surface area contributed by atoms with Crippen molar-refractivity contribution in [1.29, 1.82) is 0 Å². The zero-order chi connectivity index (χ0) is 16.1. The molecule has 0 aliphatic carbocycles. The maximum Gasteiger partial charge on any atom is 0.316 e. The summed E-state index contributed by atoms with van der Waals surface area (Å²) in [7, 11) is 1.76. The van der Waals surface area contributed by atoms with E-state index in [1.54, 1.807) is 36.2 Å². The molecular weight excluding hydrogens is 278 g/mol. The largest absolute Gasteiger partial charge is 0.351 e. The molecule has 0 saturated carbocycles. The maximum absolute atomic E-state index is 12.6. The summed E-state index contributed by atoms with van der Waals surface area (Å²) in [5, 5.41) is 2.47. The molecule has 2 aromatic rings. The molecule has 1 unspecified atom stereocenters. The van der Waals surface area contributed by atoms with Gasteiger partial charge in [0.15, 0.2) is 0 Å². The number of nitrogens with two attached hydrogens (primary N) is 1. The number of carbonyl (C=O) groups is 2. The Balaban J connectivity index is 2.18. The van der Waals surface area contributed by atoms with Crippen LogP contribution < -0.4 is 11.1 Å². The lowest BCUT2D eigenvalue weighted by molar-refractivity contribution is 0.0742. The Morgan fingerprint density at radius 2 is 1.77 bits per heavy atom. The lowest BCUT2D eigenvalue weighted by Crippen LogP contribution is -2.29. The van der Waals surface area contributed by atoms with Crippen molar-refractivity contribution in [2.75, 3.05) is 12.4 Å². The minimum atomic E-state index is -0.657. The van der Waals surface area contributed by atoms with Gasteiger partial charge in [-0.25, -0.2) is 4.79 Å². The molecule has 1 atom stereocenters. The summed E-state index contributed by atoms with van der Waals surface area (Å²) < 4.78 is 0. The van der Waals surface area contributed by atoms with Crippen LogP contribution in [0.3, 0.4) is 0 Å². The van der Waals surface area contributed by atoms with Gasteiger partial charge in [0.2, 0.25) is 0 Å². The Morgan fingerprint density at radius 3 is 2.41 bits per heavy atom. The molecule has 0 radical (unpaired) electrons. The molecule has 0 aliphatic heterocycles. The second kappa shape index (κ2) is 6.76. The number of amides is 3. The van der Waals surface area contributed by atoms with Crippen molar-refractivity contribution < 1.29 is 9.59 Å². The fraction of sp³-hybridized carbons (Fsp3) is 0.176. The summed E-state index contributed by atoms with van der Waals surface area (Å²) in [6.07, 6.45) is 0. The Hall–Kier alpha value is -2.82. The third-order valence-electron chi connectivity index (χ3n) is 3.56. The summed E-state index contributed by atoms with van der Waals surface area (Å²) in [6.45, 7) is 1.97. The van der Waals surface area contributed by atoms with Crippen molar-refractivity contribution in [2.24, 2.45) is 5.73 Å².